The van der Waals surface area contributed by atoms with Gasteiger partial charge in [-0.2, -0.15) is 0 Å². The summed E-state index contributed by atoms with van der Waals surface area (Å²) in [6.45, 7) is 21.7. The predicted molar refractivity (Wildman–Crippen MR) is 84.7 cm³/mol. The van der Waals surface area contributed by atoms with Crippen LogP contribution in [0.4, 0.5) is 0 Å². The van der Waals surface area contributed by atoms with E-state index in [2.05, 4.69) is 62.3 Å². The maximum atomic E-state index is 2.50. The van der Waals surface area contributed by atoms with Gasteiger partial charge in [0.2, 0.25) is 0 Å². The quantitative estimate of drug-likeness (QED) is 0.479. The van der Waals surface area contributed by atoms with Crippen LogP contribution in [0.15, 0.2) is 0 Å². The first kappa shape index (κ1) is 18.0. The molecule has 0 saturated carbocycles. The molecule has 0 aliphatic carbocycles. The summed E-state index contributed by atoms with van der Waals surface area (Å²) in [5.74, 6) is 5.93. The summed E-state index contributed by atoms with van der Waals surface area (Å²) in [5, 5.41) is 0. The van der Waals surface area contributed by atoms with Crippen LogP contribution in [0.3, 0.4) is 0 Å². The normalized spacial score (nSPS) is 20.8. The highest BCUT2D eigenvalue weighted by Crippen LogP contribution is 2.39. The summed E-state index contributed by atoms with van der Waals surface area (Å²) in [6, 6.07) is 0. The van der Waals surface area contributed by atoms with Gasteiger partial charge in [0.15, 0.2) is 0 Å². The molecule has 18 heavy (non-hydrogen) atoms. The van der Waals surface area contributed by atoms with Gasteiger partial charge >= 0.3 is 0 Å². The first-order chi connectivity index (χ1) is 8.27. The minimum atomic E-state index is 0.809. The molecule has 0 heterocycles. The molecule has 0 aromatic carbocycles. The van der Waals surface area contributed by atoms with Gasteiger partial charge in [0.1, 0.15) is 0 Å². The third kappa shape index (κ3) is 4.59. The van der Waals surface area contributed by atoms with Crippen molar-refractivity contribution in [3.05, 3.63) is 0 Å². The molecule has 5 unspecified atom stereocenters. The molecule has 0 fully saturated rings. The van der Waals surface area contributed by atoms with Crippen molar-refractivity contribution in [2.45, 2.75) is 75.2 Å². The molecule has 0 aliphatic rings. The van der Waals surface area contributed by atoms with Crippen molar-refractivity contribution in [1.29, 1.82) is 0 Å². The van der Waals surface area contributed by atoms with E-state index in [1.54, 1.807) is 0 Å². The molecule has 0 heteroatoms. The summed E-state index contributed by atoms with van der Waals surface area (Å²) in [4.78, 5) is 0. The van der Waals surface area contributed by atoms with Crippen molar-refractivity contribution in [3.8, 4) is 0 Å². The van der Waals surface area contributed by atoms with Gasteiger partial charge in [-0.1, -0.05) is 75.2 Å². The van der Waals surface area contributed by atoms with Crippen LogP contribution in [0.25, 0.3) is 0 Å². The monoisotopic (exact) mass is 254 g/mol. The van der Waals surface area contributed by atoms with Crippen molar-refractivity contribution >= 4 is 0 Å². The summed E-state index contributed by atoms with van der Waals surface area (Å²) in [7, 11) is 0. The zero-order chi connectivity index (χ0) is 14.5. The average Bonchev–Trinajstić information content (AvgIpc) is 2.29. The maximum Gasteiger partial charge on any atom is -0.0360 e. The van der Waals surface area contributed by atoms with E-state index < -0.39 is 0 Å². The van der Waals surface area contributed by atoms with E-state index in [1.165, 1.54) is 12.8 Å². The zero-order valence-electron chi connectivity index (χ0n) is 14.5. The molecular formula is C18H38. The minimum absolute atomic E-state index is 0.809. The standard InChI is InChI=1S/C18H38/c1-10-17(13(5)6)15(8)16(9)18(11-2)14(7)12(3)4/h12-18H,10-11H2,1-9H3. The van der Waals surface area contributed by atoms with E-state index in [4.69, 9.17) is 0 Å². The van der Waals surface area contributed by atoms with Crippen LogP contribution in [-0.4, -0.2) is 0 Å². The molecule has 0 N–H and O–H groups in total. The Balaban J connectivity index is 4.81. The molecule has 5 atom stereocenters. The second-order valence-corrected chi connectivity index (χ2v) is 7.21. The van der Waals surface area contributed by atoms with E-state index in [1.807, 2.05) is 0 Å². The molecule has 0 nitrogen and oxygen atoms in total. The van der Waals surface area contributed by atoms with Crippen LogP contribution in [0, 0.1) is 41.4 Å². The SMILES string of the molecule is CCC(C(C)C)C(C)C(C)C(CC)C(C)C(C)C. The molecule has 0 amide bonds. The molecule has 0 bridgehead atoms. The molecule has 0 rings (SSSR count). The topological polar surface area (TPSA) is 0 Å². The van der Waals surface area contributed by atoms with Gasteiger partial charge in [0.05, 0.1) is 0 Å². The third-order valence-corrected chi connectivity index (χ3v) is 5.71. The second-order valence-electron chi connectivity index (χ2n) is 7.21. The highest BCUT2D eigenvalue weighted by atomic mass is 14.4. The van der Waals surface area contributed by atoms with Gasteiger partial charge in [0.25, 0.3) is 0 Å². The Hall–Kier alpha value is 0. The average molecular weight is 255 g/mol. The van der Waals surface area contributed by atoms with E-state index in [0.717, 1.165) is 41.4 Å². The van der Waals surface area contributed by atoms with Gasteiger partial charge in [-0.3, -0.25) is 0 Å². The van der Waals surface area contributed by atoms with Gasteiger partial charge in [0, 0.05) is 0 Å². The summed E-state index contributed by atoms with van der Waals surface area (Å²) < 4.78 is 0. The molecule has 0 radical (unpaired) electrons. The van der Waals surface area contributed by atoms with Crippen LogP contribution < -0.4 is 0 Å². The summed E-state index contributed by atoms with van der Waals surface area (Å²) >= 11 is 0. The fourth-order valence-corrected chi connectivity index (χ4v) is 3.95. The van der Waals surface area contributed by atoms with E-state index in [9.17, 15) is 0 Å². The highest BCUT2D eigenvalue weighted by molar-refractivity contribution is 4.80. The van der Waals surface area contributed by atoms with E-state index in [0.29, 0.717) is 0 Å². The maximum absolute atomic E-state index is 2.50. The molecule has 0 aromatic heterocycles. The Kier molecular flexibility index (Phi) is 8.23. The fourth-order valence-electron chi connectivity index (χ4n) is 3.95. The highest BCUT2D eigenvalue weighted by Gasteiger charge is 2.31. The number of hydrogen-bond donors (Lipinski definition) is 0. The van der Waals surface area contributed by atoms with Crippen LogP contribution in [-0.2, 0) is 0 Å². The molecule has 110 valence electrons. The Morgan fingerprint density at radius 3 is 1.17 bits per heavy atom. The third-order valence-electron chi connectivity index (χ3n) is 5.71. The second kappa shape index (κ2) is 8.23. The molecular weight excluding hydrogens is 216 g/mol. The van der Waals surface area contributed by atoms with Crippen molar-refractivity contribution in [1.82, 2.24) is 0 Å². The largest absolute Gasteiger partial charge is 0.0651 e. The van der Waals surface area contributed by atoms with Crippen LogP contribution >= 0.6 is 0 Å². The van der Waals surface area contributed by atoms with E-state index in [-0.39, 0.29) is 0 Å². The molecule has 0 aromatic rings. The molecule has 0 spiro atoms. The van der Waals surface area contributed by atoms with Crippen LogP contribution in [0.5, 0.6) is 0 Å². The minimum Gasteiger partial charge on any atom is -0.0651 e. The molecule has 0 saturated heterocycles. The van der Waals surface area contributed by atoms with Crippen molar-refractivity contribution in [3.63, 3.8) is 0 Å². The lowest BCUT2D eigenvalue weighted by Gasteiger charge is -2.39. The van der Waals surface area contributed by atoms with Crippen LogP contribution in [0.1, 0.15) is 75.2 Å². The van der Waals surface area contributed by atoms with Gasteiger partial charge in [-0.15, -0.1) is 0 Å². The van der Waals surface area contributed by atoms with Gasteiger partial charge in [-0.05, 0) is 41.4 Å². The lowest BCUT2D eigenvalue weighted by atomic mass is 9.67. The number of hydrogen-bond acceptors (Lipinski definition) is 0. The number of rotatable bonds is 8. The predicted octanol–water partition coefficient (Wildman–Crippen LogP) is 6.26. The Morgan fingerprint density at radius 2 is 0.889 bits per heavy atom. The molecule has 0 aliphatic heterocycles. The first-order valence-corrected chi connectivity index (χ1v) is 8.27. The van der Waals surface area contributed by atoms with Crippen molar-refractivity contribution in [2.75, 3.05) is 0 Å². The Labute approximate surface area is 117 Å². The van der Waals surface area contributed by atoms with Crippen molar-refractivity contribution < 1.29 is 0 Å². The fraction of sp³-hybridized carbons (Fsp3) is 1.00. The lowest BCUT2D eigenvalue weighted by Crippen LogP contribution is -2.32. The Bertz CT molecular complexity index is 204. The Morgan fingerprint density at radius 1 is 0.500 bits per heavy atom. The van der Waals surface area contributed by atoms with E-state index >= 15 is 0 Å². The lowest BCUT2D eigenvalue weighted by molar-refractivity contribution is 0.101. The van der Waals surface area contributed by atoms with Crippen molar-refractivity contribution in [2.24, 2.45) is 41.4 Å². The van der Waals surface area contributed by atoms with Crippen LogP contribution in [0.2, 0.25) is 0 Å². The van der Waals surface area contributed by atoms with Gasteiger partial charge in [-0.25, -0.2) is 0 Å². The summed E-state index contributed by atoms with van der Waals surface area (Å²) in [5.41, 5.74) is 0. The zero-order valence-corrected chi connectivity index (χ0v) is 14.5. The van der Waals surface area contributed by atoms with Gasteiger partial charge < -0.3 is 0 Å². The summed E-state index contributed by atoms with van der Waals surface area (Å²) in [6.07, 6.45) is 2.66. The first-order valence-electron chi connectivity index (χ1n) is 8.27. The smallest absolute Gasteiger partial charge is 0.0360 e.